The van der Waals surface area contributed by atoms with Crippen molar-refractivity contribution in [2.75, 3.05) is 24.8 Å². The molecule has 3 aromatic rings. The first-order valence-electron chi connectivity index (χ1n) is 14.3. The Labute approximate surface area is 247 Å². The number of anilines is 1. The van der Waals surface area contributed by atoms with Gasteiger partial charge in [-0.15, -0.1) is 5.10 Å². The van der Waals surface area contributed by atoms with Crippen LogP contribution in [0.1, 0.15) is 83.5 Å². The number of ether oxygens (including phenoxy) is 3. The summed E-state index contributed by atoms with van der Waals surface area (Å²) in [5, 5.41) is 8.74. The van der Waals surface area contributed by atoms with Crippen LogP contribution in [0.5, 0.6) is 11.5 Å². The summed E-state index contributed by atoms with van der Waals surface area (Å²) in [6, 6.07) is 13.7. The van der Waals surface area contributed by atoms with Crippen molar-refractivity contribution in [1.82, 2.24) is 14.8 Å². The van der Waals surface area contributed by atoms with E-state index >= 15 is 0 Å². The predicted octanol–water partition coefficient (Wildman–Crippen LogP) is 7.30. The number of nitrogens with one attached hydrogen (secondary N) is 1. The molecule has 0 saturated heterocycles. The summed E-state index contributed by atoms with van der Waals surface area (Å²) in [6.07, 6.45) is 2.92. The summed E-state index contributed by atoms with van der Waals surface area (Å²) in [5.41, 5.74) is 4.46. The molecule has 8 nitrogen and oxygen atoms in total. The van der Waals surface area contributed by atoms with Gasteiger partial charge in [-0.25, -0.2) is 9.48 Å². The number of allylic oxidation sites excluding steroid dienone is 1. The fourth-order valence-corrected chi connectivity index (χ4v) is 5.49. The summed E-state index contributed by atoms with van der Waals surface area (Å²) >= 11 is 1.61. The van der Waals surface area contributed by atoms with E-state index in [2.05, 4.69) is 57.3 Å². The van der Waals surface area contributed by atoms with Gasteiger partial charge in [0.15, 0.2) is 11.5 Å². The highest BCUT2D eigenvalue weighted by Crippen LogP contribution is 2.40. The van der Waals surface area contributed by atoms with Crippen molar-refractivity contribution in [3.8, 4) is 11.5 Å². The van der Waals surface area contributed by atoms with Gasteiger partial charge in [-0.3, -0.25) is 0 Å². The van der Waals surface area contributed by atoms with Crippen LogP contribution in [0.15, 0.2) is 58.9 Å². The SMILES string of the molecule is CCCCSc1nc2n(n1)C(c1ccc(OCc3ccc(C(C)(C)C)cc3)c(OC)c1)C(C(=O)OCCC)=C(C)N2. The van der Waals surface area contributed by atoms with Gasteiger partial charge in [-0.1, -0.05) is 83.1 Å². The second-order valence-electron chi connectivity index (χ2n) is 11.2. The van der Waals surface area contributed by atoms with Crippen LogP contribution < -0.4 is 14.8 Å². The standard InChI is InChI=1S/C32H42N4O4S/c1-8-10-18-41-31-34-30-33-21(3)27(29(37)39-17-9-2)28(36(30)35-31)23-13-16-25(26(19-23)38-7)40-20-22-11-14-24(15-12-22)32(4,5)6/h11-16,19,28H,8-10,17-18,20H2,1-7H3,(H,33,34,35). The number of aromatic nitrogens is 3. The lowest BCUT2D eigenvalue weighted by Gasteiger charge is -2.28. The van der Waals surface area contributed by atoms with Gasteiger partial charge in [-0.05, 0) is 54.0 Å². The zero-order valence-corrected chi connectivity index (χ0v) is 26.1. The maximum atomic E-state index is 13.3. The van der Waals surface area contributed by atoms with Gasteiger partial charge in [0, 0.05) is 11.4 Å². The predicted molar refractivity (Wildman–Crippen MR) is 164 cm³/mol. The molecule has 0 aliphatic carbocycles. The van der Waals surface area contributed by atoms with Crippen molar-refractivity contribution in [3.05, 3.63) is 70.4 Å². The van der Waals surface area contributed by atoms with Gasteiger partial charge < -0.3 is 19.5 Å². The first kappa shape index (κ1) is 30.5. The Balaban J connectivity index is 1.64. The van der Waals surface area contributed by atoms with Gasteiger partial charge in [0.1, 0.15) is 12.6 Å². The minimum absolute atomic E-state index is 0.0978. The summed E-state index contributed by atoms with van der Waals surface area (Å²) in [4.78, 5) is 18.0. The molecular weight excluding hydrogens is 536 g/mol. The number of carbonyl (C=O) groups is 1. The number of methoxy groups -OCH3 is 1. The Hall–Kier alpha value is -3.46. The topological polar surface area (TPSA) is 87.5 Å². The lowest BCUT2D eigenvalue weighted by molar-refractivity contribution is -0.139. The molecule has 0 radical (unpaired) electrons. The van der Waals surface area contributed by atoms with Crippen LogP contribution in [0.3, 0.4) is 0 Å². The van der Waals surface area contributed by atoms with Gasteiger partial charge >= 0.3 is 5.97 Å². The fraction of sp³-hybridized carbons (Fsp3) is 0.469. The van der Waals surface area contributed by atoms with E-state index in [9.17, 15) is 4.79 Å². The summed E-state index contributed by atoms with van der Waals surface area (Å²) in [6.45, 7) is 13.4. The number of thioether (sulfide) groups is 1. The molecular formula is C32H42N4O4S. The molecule has 220 valence electrons. The van der Waals surface area contributed by atoms with Crippen molar-refractivity contribution < 1.29 is 19.0 Å². The van der Waals surface area contributed by atoms with E-state index in [4.69, 9.17) is 24.3 Å². The molecule has 1 atom stereocenters. The number of fused-ring (bicyclic) bond motifs is 1. The number of nitrogens with zero attached hydrogens (tertiary/aromatic N) is 3. The molecule has 1 N–H and O–H groups in total. The van der Waals surface area contributed by atoms with Crippen molar-refractivity contribution in [2.24, 2.45) is 0 Å². The molecule has 0 saturated carbocycles. The minimum atomic E-state index is -0.531. The van der Waals surface area contributed by atoms with E-state index in [1.165, 1.54) is 5.56 Å². The third-order valence-corrected chi connectivity index (χ3v) is 7.86. The molecule has 0 spiro atoms. The first-order valence-corrected chi connectivity index (χ1v) is 15.3. The second kappa shape index (κ2) is 13.5. The molecule has 41 heavy (non-hydrogen) atoms. The van der Waals surface area contributed by atoms with Crippen LogP contribution >= 0.6 is 11.8 Å². The van der Waals surface area contributed by atoms with E-state index in [1.54, 1.807) is 23.6 Å². The number of carbonyl (C=O) groups excluding carboxylic acids is 1. The molecule has 0 amide bonds. The highest BCUT2D eigenvalue weighted by atomic mass is 32.2. The number of hydrogen-bond donors (Lipinski definition) is 1. The average Bonchev–Trinajstić information content (AvgIpc) is 3.36. The number of benzene rings is 2. The molecule has 2 heterocycles. The minimum Gasteiger partial charge on any atom is -0.493 e. The maximum Gasteiger partial charge on any atom is 0.338 e. The average molecular weight is 579 g/mol. The number of unbranched alkanes of at least 4 members (excludes halogenated alkanes) is 1. The Morgan fingerprint density at radius 3 is 2.49 bits per heavy atom. The Morgan fingerprint density at radius 2 is 1.83 bits per heavy atom. The van der Waals surface area contributed by atoms with Gasteiger partial charge in [0.2, 0.25) is 11.1 Å². The highest BCUT2D eigenvalue weighted by Gasteiger charge is 2.35. The Bertz CT molecular complexity index is 1380. The van der Waals surface area contributed by atoms with E-state index in [-0.39, 0.29) is 11.4 Å². The zero-order chi connectivity index (χ0) is 29.6. The van der Waals surface area contributed by atoms with Crippen LogP contribution in [0.4, 0.5) is 5.95 Å². The van der Waals surface area contributed by atoms with Crippen LogP contribution in [0.25, 0.3) is 0 Å². The van der Waals surface area contributed by atoms with Crippen molar-refractivity contribution in [1.29, 1.82) is 0 Å². The normalized spacial score (nSPS) is 14.9. The molecule has 1 aliphatic rings. The van der Waals surface area contributed by atoms with Crippen molar-refractivity contribution in [3.63, 3.8) is 0 Å². The quantitative estimate of drug-likeness (QED) is 0.136. The molecule has 0 bridgehead atoms. The summed E-state index contributed by atoms with van der Waals surface area (Å²) in [7, 11) is 1.62. The van der Waals surface area contributed by atoms with E-state index in [0.717, 1.165) is 36.1 Å². The Kier molecular flexibility index (Phi) is 10.0. The number of esters is 1. The van der Waals surface area contributed by atoms with Crippen LogP contribution in [0.2, 0.25) is 0 Å². The van der Waals surface area contributed by atoms with Crippen molar-refractivity contribution in [2.45, 2.75) is 84.0 Å². The number of hydrogen-bond acceptors (Lipinski definition) is 8. The molecule has 1 aromatic heterocycles. The lowest BCUT2D eigenvalue weighted by atomic mass is 9.87. The van der Waals surface area contributed by atoms with E-state index in [1.807, 2.05) is 32.0 Å². The van der Waals surface area contributed by atoms with Gasteiger partial charge in [-0.2, -0.15) is 4.98 Å². The summed E-state index contributed by atoms with van der Waals surface area (Å²) < 4.78 is 19.3. The highest BCUT2D eigenvalue weighted by molar-refractivity contribution is 7.99. The van der Waals surface area contributed by atoms with Gasteiger partial charge in [0.25, 0.3) is 0 Å². The molecule has 2 aromatic carbocycles. The molecule has 9 heteroatoms. The summed E-state index contributed by atoms with van der Waals surface area (Å²) in [5.74, 6) is 2.35. The number of rotatable bonds is 12. The molecule has 0 fully saturated rings. The molecule has 1 unspecified atom stereocenters. The third-order valence-electron chi connectivity index (χ3n) is 6.94. The molecule has 4 rings (SSSR count). The van der Waals surface area contributed by atoms with Crippen LogP contribution in [0, 0.1) is 0 Å². The smallest absolute Gasteiger partial charge is 0.338 e. The fourth-order valence-electron chi connectivity index (χ4n) is 4.58. The van der Waals surface area contributed by atoms with Crippen LogP contribution in [-0.4, -0.2) is 40.2 Å². The maximum absolute atomic E-state index is 13.3. The van der Waals surface area contributed by atoms with Crippen molar-refractivity contribution >= 4 is 23.7 Å². The Morgan fingerprint density at radius 1 is 1.07 bits per heavy atom. The van der Waals surface area contributed by atoms with Crippen LogP contribution in [-0.2, 0) is 21.6 Å². The lowest BCUT2D eigenvalue weighted by Crippen LogP contribution is -2.29. The van der Waals surface area contributed by atoms with Gasteiger partial charge in [0.05, 0.1) is 19.3 Å². The van der Waals surface area contributed by atoms with E-state index in [0.29, 0.717) is 47.1 Å². The third kappa shape index (κ3) is 7.25. The monoisotopic (exact) mass is 578 g/mol. The van der Waals surface area contributed by atoms with E-state index < -0.39 is 6.04 Å². The largest absolute Gasteiger partial charge is 0.493 e. The molecule has 1 aliphatic heterocycles. The first-order chi connectivity index (χ1) is 19.7. The zero-order valence-electron chi connectivity index (χ0n) is 25.2. The second-order valence-corrected chi connectivity index (χ2v) is 12.3.